The van der Waals surface area contributed by atoms with Crippen molar-refractivity contribution in [3.63, 3.8) is 0 Å². The van der Waals surface area contributed by atoms with Crippen molar-refractivity contribution in [2.45, 2.75) is 31.8 Å². The Labute approximate surface area is 104 Å². The van der Waals surface area contributed by atoms with Gasteiger partial charge in [-0.3, -0.25) is 0 Å². The Kier molecular flexibility index (Phi) is 4.53. The number of β-amino-alcohol motifs (C(OH)–C–C–N with tert-alkyl or cyclic N) is 1. The third kappa shape index (κ3) is 3.13. The summed E-state index contributed by atoms with van der Waals surface area (Å²) in [5, 5.41) is 9.68. The first-order valence-electron chi connectivity index (χ1n) is 6.33. The molecule has 1 atom stereocenters. The molecule has 0 aliphatic carbocycles. The van der Waals surface area contributed by atoms with Crippen LogP contribution in [0.4, 0.5) is 0 Å². The molecule has 16 heavy (non-hydrogen) atoms. The van der Waals surface area contributed by atoms with Crippen molar-refractivity contribution >= 4 is 12.6 Å². The van der Waals surface area contributed by atoms with E-state index in [9.17, 15) is 5.11 Å². The van der Waals surface area contributed by atoms with Crippen LogP contribution < -0.4 is 0 Å². The van der Waals surface area contributed by atoms with Crippen molar-refractivity contribution in [1.29, 1.82) is 0 Å². The molecule has 1 unspecified atom stereocenters. The van der Waals surface area contributed by atoms with Crippen molar-refractivity contribution in [2.24, 2.45) is 5.41 Å². The third-order valence-electron chi connectivity index (χ3n) is 3.93. The maximum atomic E-state index is 9.68. The topological polar surface area (TPSA) is 32.7 Å². The number of hydrogen-bond donors (Lipinski definition) is 2. The van der Waals surface area contributed by atoms with Crippen LogP contribution in [0.5, 0.6) is 0 Å². The van der Waals surface area contributed by atoms with Gasteiger partial charge in [0.25, 0.3) is 0 Å². The van der Waals surface area contributed by atoms with Crippen LogP contribution in [0.1, 0.15) is 25.7 Å². The number of likely N-dealkylation sites (tertiary alicyclic amines) is 1. The molecule has 0 amide bonds. The van der Waals surface area contributed by atoms with Gasteiger partial charge in [-0.1, -0.05) is 0 Å². The molecular formula is C12H23NO2S. The van der Waals surface area contributed by atoms with Crippen LogP contribution in [0, 0.1) is 5.41 Å². The molecule has 0 aromatic heterocycles. The second-order valence-electron chi connectivity index (χ2n) is 5.30. The van der Waals surface area contributed by atoms with E-state index in [1.807, 2.05) is 0 Å². The molecule has 2 rings (SSSR count). The molecule has 2 heterocycles. The minimum Gasteiger partial charge on any atom is -0.392 e. The van der Waals surface area contributed by atoms with Gasteiger partial charge < -0.3 is 14.7 Å². The fraction of sp³-hybridized carbons (Fsp3) is 1.00. The number of rotatable bonds is 3. The zero-order valence-corrected chi connectivity index (χ0v) is 10.8. The zero-order chi connectivity index (χ0) is 11.4. The monoisotopic (exact) mass is 245 g/mol. The van der Waals surface area contributed by atoms with E-state index >= 15 is 0 Å². The molecule has 0 aromatic rings. The molecule has 0 radical (unpaired) electrons. The van der Waals surface area contributed by atoms with Crippen molar-refractivity contribution in [2.75, 3.05) is 38.6 Å². The predicted molar refractivity (Wildman–Crippen MR) is 68.0 cm³/mol. The minimum atomic E-state index is -0.120. The highest BCUT2D eigenvalue weighted by molar-refractivity contribution is 7.80. The van der Waals surface area contributed by atoms with E-state index in [0.29, 0.717) is 5.41 Å². The summed E-state index contributed by atoms with van der Waals surface area (Å²) >= 11 is 4.53. The van der Waals surface area contributed by atoms with E-state index in [0.717, 1.165) is 64.3 Å². The van der Waals surface area contributed by atoms with Crippen LogP contribution >= 0.6 is 12.6 Å². The average molecular weight is 245 g/mol. The maximum absolute atomic E-state index is 9.68. The van der Waals surface area contributed by atoms with Gasteiger partial charge in [0.05, 0.1) is 6.10 Å². The molecule has 2 saturated heterocycles. The molecule has 0 spiro atoms. The second-order valence-corrected chi connectivity index (χ2v) is 5.62. The molecule has 94 valence electrons. The lowest BCUT2D eigenvalue weighted by Gasteiger charge is -2.42. The van der Waals surface area contributed by atoms with Crippen molar-refractivity contribution in [3.8, 4) is 0 Å². The molecule has 4 heteroatoms. The van der Waals surface area contributed by atoms with Gasteiger partial charge in [-0.15, -0.1) is 0 Å². The number of nitrogens with zero attached hydrogens (tertiary/aromatic N) is 1. The summed E-state index contributed by atoms with van der Waals surface area (Å²) in [7, 11) is 0. The quantitative estimate of drug-likeness (QED) is 0.732. The zero-order valence-electron chi connectivity index (χ0n) is 9.90. The van der Waals surface area contributed by atoms with E-state index in [2.05, 4.69) is 17.5 Å². The molecule has 0 bridgehead atoms. The van der Waals surface area contributed by atoms with Crippen LogP contribution in [0.25, 0.3) is 0 Å². The first kappa shape index (κ1) is 12.7. The Hall–Kier alpha value is 0.230. The van der Waals surface area contributed by atoms with E-state index in [4.69, 9.17) is 4.74 Å². The summed E-state index contributed by atoms with van der Waals surface area (Å²) in [6.45, 7) is 4.80. The SMILES string of the molecule is OC1CCCN(CC2(CS)CCOCC2)C1. The number of aliphatic hydroxyl groups is 1. The molecule has 2 aliphatic rings. The lowest BCUT2D eigenvalue weighted by Crippen LogP contribution is -2.47. The molecule has 3 nitrogen and oxygen atoms in total. The minimum absolute atomic E-state index is 0.120. The molecule has 2 aliphatic heterocycles. The van der Waals surface area contributed by atoms with Crippen molar-refractivity contribution in [1.82, 2.24) is 4.90 Å². The van der Waals surface area contributed by atoms with E-state index < -0.39 is 0 Å². The second kappa shape index (κ2) is 5.71. The van der Waals surface area contributed by atoms with Crippen molar-refractivity contribution < 1.29 is 9.84 Å². The standard InChI is InChI=1S/C12H23NO2S/c14-11-2-1-5-13(8-11)9-12(10-16)3-6-15-7-4-12/h11,14,16H,1-10H2. The molecule has 2 fully saturated rings. The number of piperidine rings is 1. The van der Waals surface area contributed by atoms with E-state index in [1.54, 1.807) is 0 Å². The molecular weight excluding hydrogens is 222 g/mol. The van der Waals surface area contributed by atoms with Gasteiger partial charge in [0, 0.05) is 26.3 Å². The van der Waals surface area contributed by atoms with Crippen LogP contribution in [-0.2, 0) is 4.74 Å². The Morgan fingerprint density at radius 1 is 1.38 bits per heavy atom. The normalized spacial score (nSPS) is 31.5. The summed E-state index contributed by atoms with van der Waals surface area (Å²) in [6.07, 6.45) is 4.20. The first-order valence-corrected chi connectivity index (χ1v) is 6.96. The molecule has 0 aromatic carbocycles. The Morgan fingerprint density at radius 2 is 2.12 bits per heavy atom. The van der Waals surface area contributed by atoms with E-state index in [1.165, 1.54) is 0 Å². The summed E-state index contributed by atoms with van der Waals surface area (Å²) in [5.41, 5.74) is 0.318. The Bertz CT molecular complexity index is 219. The van der Waals surface area contributed by atoms with Gasteiger partial charge >= 0.3 is 0 Å². The number of aliphatic hydroxyl groups excluding tert-OH is 1. The lowest BCUT2D eigenvalue weighted by atomic mass is 9.81. The van der Waals surface area contributed by atoms with Gasteiger partial charge in [0.2, 0.25) is 0 Å². The van der Waals surface area contributed by atoms with Gasteiger partial charge in [-0.2, -0.15) is 12.6 Å². The summed E-state index contributed by atoms with van der Waals surface area (Å²) < 4.78 is 5.44. The van der Waals surface area contributed by atoms with E-state index in [-0.39, 0.29) is 6.10 Å². The van der Waals surface area contributed by atoms with Gasteiger partial charge in [-0.25, -0.2) is 0 Å². The summed E-state index contributed by atoms with van der Waals surface area (Å²) in [4.78, 5) is 2.41. The number of ether oxygens (including phenoxy) is 1. The van der Waals surface area contributed by atoms with Gasteiger partial charge in [0.1, 0.15) is 0 Å². The Balaban J connectivity index is 1.89. The van der Waals surface area contributed by atoms with Crippen LogP contribution in [0.3, 0.4) is 0 Å². The number of thiol groups is 1. The Morgan fingerprint density at radius 3 is 2.75 bits per heavy atom. The fourth-order valence-corrected chi connectivity index (χ4v) is 3.24. The predicted octanol–water partition coefficient (Wildman–Crippen LogP) is 1.17. The smallest absolute Gasteiger partial charge is 0.0667 e. The van der Waals surface area contributed by atoms with Gasteiger partial charge in [0.15, 0.2) is 0 Å². The highest BCUT2D eigenvalue weighted by Crippen LogP contribution is 2.33. The van der Waals surface area contributed by atoms with Crippen LogP contribution in [0.15, 0.2) is 0 Å². The van der Waals surface area contributed by atoms with Gasteiger partial charge in [-0.05, 0) is 43.4 Å². The first-order chi connectivity index (χ1) is 7.74. The maximum Gasteiger partial charge on any atom is 0.0667 e. The lowest BCUT2D eigenvalue weighted by molar-refractivity contribution is -0.00961. The van der Waals surface area contributed by atoms with Crippen LogP contribution in [0.2, 0.25) is 0 Å². The molecule has 1 N–H and O–H groups in total. The summed E-state index contributed by atoms with van der Waals surface area (Å²) in [6, 6.07) is 0. The highest BCUT2D eigenvalue weighted by atomic mass is 32.1. The van der Waals surface area contributed by atoms with Crippen molar-refractivity contribution in [3.05, 3.63) is 0 Å². The number of hydrogen-bond acceptors (Lipinski definition) is 4. The summed E-state index contributed by atoms with van der Waals surface area (Å²) in [5.74, 6) is 0.933. The largest absolute Gasteiger partial charge is 0.392 e. The highest BCUT2D eigenvalue weighted by Gasteiger charge is 2.34. The fourth-order valence-electron chi connectivity index (χ4n) is 2.82. The third-order valence-corrected chi connectivity index (χ3v) is 4.60. The van der Waals surface area contributed by atoms with Crippen LogP contribution in [-0.4, -0.2) is 54.7 Å². The average Bonchev–Trinajstić information content (AvgIpc) is 2.30. The molecule has 0 saturated carbocycles.